The van der Waals surface area contributed by atoms with Crippen LogP contribution in [0.3, 0.4) is 0 Å². The third-order valence-corrected chi connectivity index (χ3v) is 2.23. The minimum absolute atomic E-state index is 0.811. The molecule has 0 atom stereocenters. The van der Waals surface area contributed by atoms with Crippen molar-refractivity contribution >= 4 is 0 Å². The highest BCUT2D eigenvalue weighted by molar-refractivity contribution is 5.32. The zero-order valence-corrected chi connectivity index (χ0v) is 8.56. The third kappa shape index (κ3) is 2.84. The van der Waals surface area contributed by atoms with Crippen molar-refractivity contribution in [1.82, 2.24) is 0 Å². The molecule has 0 unspecified atom stereocenters. The van der Waals surface area contributed by atoms with Crippen LogP contribution in [0.2, 0.25) is 0 Å². The summed E-state index contributed by atoms with van der Waals surface area (Å²) in [5.74, 6) is 0.811. The Morgan fingerprint density at radius 2 is 2.17 bits per heavy atom. The van der Waals surface area contributed by atoms with E-state index < -0.39 is 0 Å². The van der Waals surface area contributed by atoms with Gasteiger partial charge in [-0.25, -0.2) is 0 Å². The van der Waals surface area contributed by atoms with Gasteiger partial charge in [0, 0.05) is 0 Å². The van der Waals surface area contributed by atoms with Crippen LogP contribution in [0, 0.1) is 5.92 Å². The minimum atomic E-state index is 0.811. The second-order valence-electron chi connectivity index (χ2n) is 4.13. The van der Waals surface area contributed by atoms with Crippen LogP contribution >= 0.6 is 0 Å². The highest BCUT2D eigenvalue weighted by Crippen LogP contribution is 2.25. The second kappa shape index (κ2) is 4.49. The van der Waals surface area contributed by atoms with Gasteiger partial charge in [-0.1, -0.05) is 50.5 Å². The third-order valence-electron chi connectivity index (χ3n) is 2.23. The first-order chi connectivity index (χ1) is 5.72. The van der Waals surface area contributed by atoms with E-state index in [1.165, 1.54) is 25.7 Å². The van der Waals surface area contributed by atoms with E-state index in [-0.39, 0.29) is 0 Å². The number of rotatable bonds is 4. The van der Waals surface area contributed by atoms with Gasteiger partial charge >= 0.3 is 0 Å². The monoisotopic (exact) mass is 164 g/mol. The van der Waals surface area contributed by atoms with Crippen molar-refractivity contribution in [1.29, 1.82) is 0 Å². The quantitative estimate of drug-likeness (QED) is 0.587. The first-order valence-corrected chi connectivity index (χ1v) is 5.10. The van der Waals surface area contributed by atoms with Crippen LogP contribution in [0.15, 0.2) is 23.3 Å². The Morgan fingerprint density at radius 1 is 1.42 bits per heavy atom. The largest absolute Gasteiger partial charge is 0.0772 e. The van der Waals surface area contributed by atoms with E-state index in [2.05, 4.69) is 32.9 Å². The summed E-state index contributed by atoms with van der Waals surface area (Å²) in [6, 6.07) is 0. The van der Waals surface area contributed by atoms with Gasteiger partial charge in [0.05, 0.1) is 0 Å². The molecule has 0 nitrogen and oxygen atoms in total. The zero-order valence-electron chi connectivity index (χ0n) is 8.56. The fourth-order valence-electron chi connectivity index (χ4n) is 1.77. The highest BCUT2D eigenvalue weighted by Gasteiger charge is 2.06. The Hall–Kier alpha value is -0.520. The maximum Gasteiger partial charge on any atom is -0.0130 e. The van der Waals surface area contributed by atoms with Gasteiger partial charge in [-0.15, -0.1) is 0 Å². The van der Waals surface area contributed by atoms with E-state index in [9.17, 15) is 0 Å². The molecule has 0 aliphatic heterocycles. The average Bonchev–Trinajstić information content (AvgIpc) is 2.36. The molecular formula is C12H20. The lowest BCUT2D eigenvalue weighted by Gasteiger charge is -2.03. The predicted octanol–water partition coefficient (Wildman–Crippen LogP) is 4.09. The van der Waals surface area contributed by atoms with Crippen LogP contribution in [0.5, 0.6) is 0 Å². The lowest BCUT2D eigenvalue weighted by atomic mass is 10.0. The van der Waals surface area contributed by atoms with Crippen molar-refractivity contribution in [2.24, 2.45) is 5.92 Å². The van der Waals surface area contributed by atoms with Gasteiger partial charge in [-0.2, -0.15) is 0 Å². The van der Waals surface area contributed by atoms with E-state index in [0.29, 0.717) is 0 Å². The van der Waals surface area contributed by atoms with Gasteiger partial charge in [-0.05, 0) is 25.2 Å². The molecule has 1 aliphatic carbocycles. The lowest BCUT2D eigenvalue weighted by Crippen LogP contribution is -1.88. The van der Waals surface area contributed by atoms with Crippen molar-refractivity contribution in [3.05, 3.63) is 23.3 Å². The fraction of sp³-hybridized carbons (Fsp3) is 0.667. The molecule has 0 radical (unpaired) electrons. The predicted molar refractivity (Wildman–Crippen MR) is 55.1 cm³/mol. The molecule has 12 heavy (non-hydrogen) atoms. The summed E-state index contributed by atoms with van der Waals surface area (Å²) in [5.41, 5.74) is 3.20. The molecule has 0 heteroatoms. The van der Waals surface area contributed by atoms with E-state index >= 15 is 0 Å². The standard InChI is InChI=1S/C12H20/c1-4-5-11-6-7-12(9-11)8-10(2)3/h6,9-10H,4-5,7-8H2,1-3H3. The fourth-order valence-corrected chi connectivity index (χ4v) is 1.77. The van der Waals surface area contributed by atoms with Gasteiger partial charge < -0.3 is 0 Å². The van der Waals surface area contributed by atoms with Gasteiger partial charge in [0.25, 0.3) is 0 Å². The van der Waals surface area contributed by atoms with Crippen LogP contribution in [0.25, 0.3) is 0 Å². The lowest BCUT2D eigenvalue weighted by molar-refractivity contribution is 0.637. The molecule has 0 fully saturated rings. The summed E-state index contributed by atoms with van der Waals surface area (Å²) in [4.78, 5) is 0. The summed E-state index contributed by atoms with van der Waals surface area (Å²) in [7, 11) is 0. The van der Waals surface area contributed by atoms with Crippen LogP contribution in [0.4, 0.5) is 0 Å². The average molecular weight is 164 g/mol. The smallest absolute Gasteiger partial charge is 0.0130 e. The second-order valence-corrected chi connectivity index (χ2v) is 4.13. The molecule has 0 heterocycles. The Labute approximate surface area is 76.4 Å². The van der Waals surface area contributed by atoms with Gasteiger partial charge in [0.1, 0.15) is 0 Å². The van der Waals surface area contributed by atoms with E-state index in [1.807, 2.05) is 0 Å². The summed E-state index contributed by atoms with van der Waals surface area (Å²) < 4.78 is 0. The first kappa shape index (κ1) is 9.57. The van der Waals surface area contributed by atoms with E-state index in [1.54, 1.807) is 11.1 Å². The summed E-state index contributed by atoms with van der Waals surface area (Å²) in [5, 5.41) is 0. The van der Waals surface area contributed by atoms with Crippen LogP contribution in [-0.2, 0) is 0 Å². The molecule has 68 valence electrons. The molecule has 0 N–H and O–H groups in total. The Morgan fingerprint density at radius 3 is 2.75 bits per heavy atom. The van der Waals surface area contributed by atoms with Crippen LogP contribution in [0.1, 0.15) is 46.5 Å². The van der Waals surface area contributed by atoms with Gasteiger partial charge in [0.15, 0.2) is 0 Å². The number of hydrogen-bond donors (Lipinski definition) is 0. The summed E-state index contributed by atoms with van der Waals surface area (Å²) in [6.45, 7) is 6.83. The maximum atomic E-state index is 2.41. The highest BCUT2D eigenvalue weighted by atomic mass is 14.1. The van der Waals surface area contributed by atoms with Crippen molar-refractivity contribution in [3.63, 3.8) is 0 Å². The molecule has 0 spiro atoms. The Bertz CT molecular complexity index is 194. The topological polar surface area (TPSA) is 0 Å². The summed E-state index contributed by atoms with van der Waals surface area (Å²) in [6.07, 6.45) is 9.83. The molecule has 0 amide bonds. The molecule has 0 bridgehead atoms. The molecule has 0 aromatic carbocycles. The van der Waals surface area contributed by atoms with Crippen LogP contribution < -0.4 is 0 Å². The van der Waals surface area contributed by atoms with Gasteiger partial charge in [0.2, 0.25) is 0 Å². The SMILES string of the molecule is CCCC1=CCC(CC(C)C)=C1. The van der Waals surface area contributed by atoms with Crippen molar-refractivity contribution in [2.45, 2.75) is 46.5 Å². The van der Waals surface area contributed by atoms with E-state index in [0.717, 1.165) is 5.92 Å². The maximum absolute atomic E-state index is 2.41. The van der Waals surface area contributed by atoms with Crippen molar-refractivity contribution in [3.8, 4) is 0 Å². The van der Waals surface area contributed by atoms with E-state index in [4.69, 9.17) is 0 Å². The molecule has 0 saturated carbocycles. The molecule has 1 aliphatic rings. The first-order valence-electron chi connectivity index (χ1n) is 5.10. The molecule has 0 aromatic heterocycles. The zero-order chi connectivity index (χ0) is 8.97. The van der Waals surface area contributed by atoms with Gasteiger partial charge in [-0.3, -0.25) is 0 Å². The van der Waals surface area contributed by atoms with Crippen LogP contribution in [-0.4, -0.2) is 0 Å². The Balaban J connectivity index is 2.38. The summed E-state index contributed by atoms with van der Waals surface area (Å²) >= 11 is 0. The number of hydrogen-bond acceptors (Lipinski definition) is 0. The normalized spacial score (nSPS) is 16.7. The molecule has 1 rings (SSSR count). The molecule has 0 aromatic rings. The van der Waals surface area contributed by atoms with Crippen molar-refractivity contribution < 1.29 is 0 Å². The molecule has 0 saturated heterocycles. The molecular weight excluding hydrogens is 144 g/mol. The minimum Gasteiger partial charge on any atom is -0.0772 e. The Kier molecular flexibility index (Phi) is 3.58. The number of allylic oxidation sites excluding steroid dienone is 4. The van der Waals surface area contributed by atoms with Crippen molar-refractivity contribution in [2.75, 3.05) is 0 Å².